The van der Waals surface area contributed by atoms with Gasteiger partial charge in [-0.3, -0.25) is 0 Å². The molecule has 0 fully saturated rings. The molecule has 0 spiro atoms. The van der Waals surface area contributed by atoms with E-state index in [1.165, 1.54) is 36.4 Å². The summed E-state index contributed by atoms with van der Waals surface area (Å²) in [4.78, 5) is 12.6. The van der Waals surface area contributed by atoms with Crippen molar-refractivity contribution < 1.29 is 35.1 Å². The third-order valence-electron chi connectivity index (χ3n) is 7.68. The Morgan fingerprint density at radius 1 is 0.583 bits per heavy atom. The zero-order valence-corrected chi connectivity index (χ0v) is 23.2. The lowest BCUT2D eigenvalue weighted by molar-refractivity contribution is 0.393. The van der Waals surface area contributed by atoms with Crippen molar-refractivity contribution in [1.29, 1.82) is 10.5 Å². The van der Waals surface area contributed by atoms with Crippen LogP contribution in [-0.4, -0.2) is 4.98 Å². The predicted octanol–water partition coefficient (Wildman–Crippen LogP) is 9.00. The Morgan fingerprint density at radius 2 is 1.08 bits per heavy atom. The summed E-state index contributed by atoms with van der Waals surface area (Å²) in [5.74, 6) is -16.4. The standard InChI is InChI=1S/C34H6F8N6/c1-45-18(10-43)21-16-8-12(20-22(19(11-44)46-2)23-24(33(20)47-3)26(36)28(38)27(37)25(23)35)4-6-14(16)15-7-5-13(9-17(15)21)32-30(40)29(39)31(41)34(42)48-32/h4-9H/b21-18-,22-19+. The highest BCUT2D eigenvalue weighted by molar-refractivity contribution is 6.24. The fraction of sp³-hybridized carbons (Fsp3) is 0. The summed E-state index contributed by atoms with van der Waals surface area (Å²) >= 11 is 0. The first kappa shape index (κ1) is 30.9. The van der Waals surface area contributed by atoms with Gasteiger partial charge in [0.1, 0.15) is 5.69 Å². The third-order valence-corrected chi connectivity index (χ3v) is 7.68. The highest BCUT2D eigenvalue weighted by Crippen LogP contribution is 2.54. The van der Waals surface area contributed by atoms with Crippen LogP contribution in [0.4, 0.5) is 35.1 Å². The van der Waals surface area contributed by atoms with Crippen molar-refractivity contribution in [3.8, 4) is 34.5 Å². The number of allylic oxidation sites excluding steroid dienone is 4. The molecule has 0 bridgehead atoms. The molecule has 14 heteroatoms. The van der Waals surface area contributed by atoms with Crippen molar-refractivity contribution >= 4 is 22.4 Å². The Morgan fingerprint density at radius 3 is 1.62 bits per heavy atom. The zero-order chi connectivity index (χ0) is 34.8. The fourth-order valence-corrected chi connectivity index (χ4v) is 5.71. The maximum atomic E-state index is 15.2. The van der Waals surface area contributed by atoms with E-state index in [0.29, 0.717) is 11.1 Å². The van der Waals surface area contributed by atoms with Gasteiger partial charge >= 0.3 is 0 Å². The van der Waals surface area contributed by atoms with Crippen molar-refractivity contribution in [2.45, 2.75) is 0 Å². The van der Waals surface area contributed by atoms with E-state index in [4.69, 9.17) is 19.7 Å². The number of pyridine rings is 1. The molecule has 0 radical (unpaired) electrons. The van der Waals surface area contributed by atoms with E-state index in [1.54, 1.807) is 6.07 Å². The summed E-state index contributed by atoms with van der Waals surface area (Å²) in [5, 5.41) is 19.5. The summed E-state index contributed by atoms with van der Waals surface area (Å²) in [5.41, 5.74) is -6.24. The average molecular weight is 650 g/mol. The molecule has 0 atom stereocenters. The van der Waals surface area contributed by atoms with Gasteiger partial charge in [0, 0.05) is 22.3 Å². The third kappa shape index (κ3) is 4.09. The van der Waals surface area contributed by atoms with Crippen LogP contribution in [0.2, 0.25) is 0 Å². The molecule has 3 aromatic carbocycles. The van der Waals surface area contributed by atoms with Gasteiger partial charge in [-0.2, -0.15) is 8.78 Å². The first-order valence-electron chi connectivity index (χ1n) is 13.0. The van der Waals surface area contributed by atoms with E-state index in [9.17, 15) is 36.9 Å². The van der Waals surface area contributed by atoms with Crippen molar-refractivity contribution in [2.24, 2.45) is 0 Å². The van der Waals surface area contributed by atoms with Crippen LogP contribution in [0.25, 0.3) is 59.3 Å². The second-order valence-electron chi connectivity index (χ2n) is 9.95. The Bertz CT molecular complexity index is 2520. The Balaban J connectivity index is 1.65. The lowest BCUT2D eigenvalue weighted by atomic mass is 9.91. The smallest absolute Gasteiger partial charge is 0.237 e. The van der Waals surface area contributed by atoms with Crippen molar-refractivity contribution in [3.05, 3.63) is 157 Å². The summed E-state index contributed by atoms with van der Waals surface area (Å²) in [6.45, 7) is 22.7. The number of halogens is 8. The lowest BCUT2D eigenvalue weighted by Crippen LogP contribution is -2.04. The first-order chi connectivity index (χ1) is 22.9. The van der Waals surface area contributed by atoms with E-state index in [1.807, 2.05) is 0 Å². The maximum absolute atomic E-state index is 15.2. The van der Waals surface area contributed by atoms with E-state index in [-0.39, 0.29) is 27.8 Å². The van der Waals surface area contributed by atoms with Crippen LogP contribution in [0.5, 0.6) is 0 Å². The van der Waals surface area contributed by atoms with Gasteiger partial charge in [0.2, 0.25) is 17.3 Å². The molecule has 2 aliphatic carbocycles. The van der Waals surface area contributed by atoms with Gasteiger partial charge in [-0.05, 0) is 51.1 Å². The zero-order valence-electron chi connectivity index (χ0n) is 23.2. The molecule has 1 heterocycles. The molecular weight excluding hydrogens is 644 g/mol. The van der Waals surface area contributed by atoms with E-state index in [0.717, 1.165) is 6.07 Å². The number of fused-ring (bicyclic) bond motifs is 4. The van der Waals surface area contributed by atoms with Gasteiger partial charge < -0.3 is 0 Å². The Kier molecular flexibility index (Phi) is 7.13. The molecule has 0 N–H and O–H groups in total. The molecule has 6 nitrogen and oxygen atoms in total. The van der Waals surface area contributed by atoms with E-state index < -0.39 is 91.7 Å². The number of nitrogens with zero attached hydrogens (tertiary/aromatic N) is 6. The number of hydrogen-bond donors (Lipinski definition) is 0. The quantitative estimate of drug-likeness (QED) is 0.0478. The summed E-state index contributed by atoms with van der Waals surface area (Å²) < 4.78 is 115. The molecule has 6 rings (SSSR count). The lowest BCUT2D eigenvalue weighted by Gasteiger charge is -2.13. The summed E-state index contributed by atoms with van der Waals surface area (Å²) in [6.07, 6.45) is 0. The second-order valence-corrected chi connectivity index (χ2v) is 9.95. The minimum atomic E-state index is -2.25. The molecule has 0 aliphatic heterocycles. The van der Waals surface area contributed by atoms with Crippen LogP contribution < -0.4 is 0 Å². The number of nitriles is 2. The number of hydrogen-bond acceptors (Lipinski definition) is 3. The van der Waals surface area contributed by atoms with Gasteiger partial charge in [-0.25, -0.2) is 56.4 Å². The van der Waals surface area contributed by atoms with Crippen LogP contribution in [0.15, 0.2) is 47.8 Å². The SMILES string of the molecule is [C-]#[N+]C1=C(c2ccc3c(c2)/C(=C(\C#N)[N+]#[C-])c2cc(-c4nc(F)c(F)c(F)c4F)ccc2-3)/C(=C(/C#N)[N+]#[C-])c2c(F)c(F)c(F)c(F)c21. The molecule has 228 valence electrons. The molecule has 0 unspecified atom stereocenters. The number of benzene rings is 3. The number of aromatic nitrogens is 1. The topological polar surface area (TPSA) is 73.5 Å². The van der Waals surface area contributed by atoms with Crippen molar-refractivity contribution in [3.63, 3.8) is 0 Å². The molecule has 1 aromatic heterocycles. The highest BCUT2D eigenvalue weighted by atomic mass is 19.2. The van der Waals surface area contributed by atoms with Crippen LogP contribution >= 0.6 is 0 Å². The molecular formula is C34H6F8N6. The molecule has 2 aliphatic rings. The molecule has 4 aromatic rings. The first-order valence-corrected chi connectivity index (χ1v) is 13.0. The normalized spacial score (nSPS) is 14.6. The van der Waals surface area contributed by atoms with Gasteiger partial charge in [0.05, 0.1) is 31.9 Å². The highest BCUT2D eigenvalue weighted by Gasteiger charge is 2.40. The van der Waals surface area contributed by atoms with E-state index >= 15 is 8.78 Å². The molecule has 0 saturated heterocycles. The van der Waals surface area contributed by atoms with E-state index in [2.05, 4.69) is 19.5 Å². The molecule has 0 amide bonds. The second kappa shape index (κ2) is 11.1. The van der Waals surface area contributed by atoms with Crippen LogP contribution in [0.1, 0.15) is 27.8 Å². The van der Waals surface area contributed by atoms with Gasteiger partial charge in [0.25, 0.3) is 17.3 Å². The van der Waals surface area contributed by atoms with Crippen molar-refractivity contribution in [2.75, 3.05) is 0 Å². The summed E-state index contributed by atoms with van der Waals surface area (Å²) in [6, 6.07) is 10.7. The monoisotopic (exact) mass is 650 g/mol. The van der Waals surface area contributed by atoms with Gasteiger partial charge in [0.15, 0.2) is 29.1 Å². The number of rotatable bonds is 2. The van der Waals surface area contributed by atoms with Gasteiger partial charge in [-0.15, -0.1) is 0 Å². The van der Waals surface area contributed by atoms with Crippen LogP contribution in [-0.2, 0) is 0 Å². The Labute approximate surface area is 264 Å². The van der Waals surface area contributed by atoms with Gasteiger partial charge in [-0.1, -0.05) is 24.3 Å². The minimum absolute atomic E-state index is 0.0449. The average Bonchev–Trinajstić information content (AvgIpc) is 3.61. The molecule has 48 heavy (non-hydrogen) atoms. The van der Waals surface area contributed by atoms with Crippen LogP contribution in [0, 0.1) is 89.0 Å². The fourth-order valence-electron chi connectivity index (χ4n) is 5.71. The van der Waals surface area contributed by atoms with Crippen LogP contribution in [0.3, 0.4) is 0 Å². The van der Waals surface area contributed by atoms with Crippen molar-refractivity contribution in [1.82, 2.24) is 4.98 Å². The largest absolute Gasteiger partial charge is 0.270 e. The molecule has 0 saturated carbocycles. The predicted molar refractivity (Wildman–Crippen MR) is 152 cm³/mol. The maximum Gasteiger partial charge on any atom is 0.270 e. The minimum Gasteiger partial charge on any atom is -0.237 e. The Hall–Kier alpha value is -7.08. The summed E-state index contributed by atoms with van der Waals surface area (Å²) in [7, 11) is 0.